The molecule has 166 valence electrons. The number of aryl methyl sites for hydroxylation is 1. The van der Waals surface area contributed by atoms with Crippen LogP contribution in [0.1, 0.15) is 26.7 Å². The molecule has 3 aromatic heterocycles. The van der Waals surface area contributed by atoms with Crippen molar-refractivity contribution in [2.24, 2.45) is 23.0 Å². The summed E-state index contributed by atoms with van der Waals surface area (Å²) in [7, 11) is 1.76. The first kappa shape index (κ1) is 19.8. The molecule has 1 unspecified atom stereocenters. The molecule has 0 saturated heterocycles. The van der Waals surface area contributed by atoms with E-state index in [2.05, 4.69) is 26.0 Å². The van der Waals surface area contributed by atoms with Gasteiger partial charge in [0.05, 0.1) is 41.3 Å². The van der Waals surface area contributed by atoms with Gasteiger partial charge in [-0.25, -0.2) is 14.4 Å². The standard InChI is InChI=1S/C25H24N6O2/c1-14-24(29-15(2)28-14)31-23-20-9-17(6-7-21(20)27-12-22(23)30(3)25(31)32)18-8-19(11-26-10-18)33-13-16-4-5-16/h6-12,15-16H,4-5,13H2,1-3H3. The van der Waals surface area contributed by atoms with E-state index in [0.717, 1.165) is 51.1 Å². The highest BCUT2D eigenvalue weighted by Gasteiger charge is 2.24. The molecule has 4 aromatic rings. The van der Waals surface area contributed by atoms with E-state index in [1.54, 1.807) is 28.6 Å². The average molecular weight is 441 g/mol. The highest BCUT2D eigenvalue weighted by atomic mass is 16.5. The van der Waals surface area contributed by atoms with Gasteiger partial charge in [-0.3, -0.25) is 19.5 Å². The normalized spacial score (nSPS) is 18.1. The van der Waals surface area contributed by atoms with Crippen molar-refractivity contribution in [1.29, 1.82) is 0 Å². The molecule has 1 fully saturated rings. The van der Waals surface area contributed by atoms with Gasteiger partial charge in [-0.2, -0.15) is 0 Å². The van der Waals surface area contributed by atoms with Gasteiger partial charge in [0.1, 0.15) is 11.9 Å². The molecule has 1 aliphatic heterocycles. The Morgan fingerprint density at radius 2 is 1.94 bits per heavy atom. The Kier molecular flexibility index (Phi) is 4.43. The second-order valence-corrected chi connectivity index (χ2v) is 8.86. The van der Waals surface area contributed by atoms with Crippen molar-refractivity contribution >= 4 is 33.5 Å². The summed E-state index contributed by atoms with van der Waals surface area (Å²) in [5.74, 6) is 2.04. The summed E-state index contributed by atoms with van der Waals surface area (Å²) in [4.78, 5) is 31.3. The zero-order valence-electron chi connectivity index (χ0n) is 18.8. The molecule has 1 atom stereocenters. The van der Waals surface area contributed by atoms with Crippen molar-refractivity contribution < 1.29 is 4.74 Å². The number of benzene rings is 1. The number of imidazole rings is 1. The van der Waals surface area contributed by atoms with Gasteiger partial charge in [0.2, 0.25) is 0 Å². The van der Waals surface area contributed by atoms with Crippen LogP contribution in [0.25, 0.3) is 33.1 Å². The van der Waals surface area contributed by atoms with Gasteiger partial charge in [-0.05, 0) is 56.4 Å². The van der Waals surface area contributed by atoms with Gasteiger partial charge >= 0.3 is 5.69 Å². The number of aromatic nitrogens is 4. The minimum atomic E-state index is -0.199. The SMILES string of the molecule is CC1=NC(C)N=C1n1c(=O)n(C)c2cnc3ccc(-c4cncc(OCC5CC5)c4)cc3c21. The molecule has 0 bridgehead atoms. The Labute approximate surface area is 190 Å². The second-order valence-electron chi connectivity index (χ2n) is 8.86. The van der Waals surface area contributed by atoms with Gasteiger partial charge < -0.3 is 4.74 Å². The minimum Gasteiger partial charge on any atom is -0.492 e. The third-order valence-electron chi connectivity index (χ3n) is 6.34. The fourth-order valence-corrected chi connectivity index (χ4v) is 4.38. The molecule has 1 aromatic carbocycles. The molecule has 1 saturated carbocycles. The first-order chi connectivity index (χ1) is 16.0. The van der Waals surface area contributed by atoms with E-state index >= 15 is 0 Å². The van der Waals surface area contributed by atoms with Crippen LogP contribution in [0.5, 0.6) is 5.75 Å². The lowest BCUT2D eigenvalue weighted by Crippen LogP contribution is -2.31. The van der Waals surface area contributed by atoms with Crippen LogP contribution in [0, 0.1) is 5.92 Å². The van der Waals surface area contributed by atoms with Crippen LogP contribution in [0.3, 0.4) is 0 Å². The lowest BCUT2D eigenvalue weighted by molar-refractivity contribution is 0.299. The summed E-state index contributed by atoms with van der Waals surface area (Å²) in [5.41, 5.74) is 4.87. The van der Waals surface area contributed by atoms with Gasteiger partial charge in [0.25, 0.3) is 0 Å². The molecule has 0 spiro atoms. The smallest absolute Gasteiger partial charge is 0.334 e. The lowest BCUT2D eigenvalue weighted by atomic mass is 10.0. The molecule has 4 heterocycles. The molecule has 6 rings (SSSR count). The summed E-state index contributed by atoms with van der Waals surface area (Å²) >= 11 is 0. The summed E-state index contributed by atoms with van der Waals surface area (Å²) in [6.45, 7) is 4.54. The first-order valence-electron chi connectivity index (χ1n) is 11.2. The van der Waals surface area contributed by atoms with E-state index in [1.165, 1.54) is 12.8 Å². The van der Waals surface area contributed by atoms with E-state index in [1.807, 2.05) is 38.2 Å². The Bertz CT molecular complexity index is 1540. The van der Waals surface area contributed by atoms with Crippen LogP contribution in [-0.2, 0) is 7.05 Å². The van der Waals surface area contributed by atoms with Crippen LogP contribution in [0.2, 0.25) is 0 Å². The van der Waals surface area contributed by atoms with Crippen LogP contribution in [-0.4, -0.2) is 43.4 Å². The zero-order valence-corrected chi connectivity index (χ0v) is 18.8. The molecule has 0 amide bonds. The molecule has 1 aliphatic carbocycles. The summed E-state index contributed by atoms with van der Waals surface area (Å²) in [5, 5.41) is 0.877. The highest BCUT2D eigenvalue weighted by Crippen LogP contribution is 2.32. The van der Waals surface area contributed by atoms with Crippen molar-refractivity contribution in [2.75, 3.05) is 6.61 Å². The predicted molar refractivity (Wildman–Crippen MR) is 129 cm³/mol. The maximum Gasteiger partial charge on any atom is 0.334 e. The number of fused-ring (bicyclic) bond motifs is 3. The Morgan fingerprint density at radius 3 is 2.70 bits per heavy atom. The predicted octanol–water partition coefficient (Wildman–Crippen LogP) is 3.81. The number of ether oxygens (including phenoxy) is 1. The summed E-state index contributed by atoms with van der Waals surface area (Å²) < 4.78 is 9.20. The average Bonchev–Trinajstić information content (AvgIpc) is 3.55. The molecule has 2 aliphatic rings. The van der Waals surface area contributed by atoms with Gasteiger partial charge in [0, 0.05) is 24.2 Å². The molecular formula is C25H24N6O2. The minimum absolute atomic E-state index is 0.163. The zero-order chi connectivity index (χ0) is 22.7. The van der Waals surface area contributed by atoms with E-state index in [0.29, 0.717) is 11.8 Å². The molecule has 33 heavy (non-hydrogen) atoms. The van der Waals surface area contributed by atoms with Crippen LogP contribution in [0.15, 0.2) is 57.6 Å². The van der Waals surface area contributed by atoms with Crippen molar-refractivity contribution in [2.45, 2.75) is 32.9 Å². The molecule has 0 radical (unpaired) electrons. The monoisotopic (exact) mass is 440 g/mol. The maximum atomic E-state index is 13.2. The largest absolute Gasteiger partial charge is 0.492 e. The van der Waals surface area contributed by atoms with Gasteiger partial charge in [-0.15, -0.1) is 0 Å². The van der Waals surface area contributed by atoms with E-state index in [4.69, 9.17) is 4.74 Å². The van der Waals surface area contributed by atoms with Gasteiger partial charge in [0.15, 0.2) is 5.84 Å². The maximum absolute atomic E-state index is 13.2. The fourth-order valence-electron chi connectivity index (χ4n) is 4.38. The quantitative estimate of drug-likeness (QED) is 0.483. The number of pyridine rings is 2. The van der Waals surface area contributed by atoms with Gasteiger partial charge in [-0.1, -0.05) is 6.07 Å². The van der Waals surface area contributed by atoms with Crippen molar-refractivity contribution in [3.05, 3.63) is 53.3 Å². The Balaban J connectivity index is 1.53. The highest BCUT2D eigenvalue weighted by molar-refractivity contribution is 6.43. The van der Waals surface area contributed by atoms with Crippen LogP contribution < -0.4 is 10.4 Å². The Hall–Kier alpha value is -3.81. The summed E-state index contributed by atoms with van der Waals surface area (Å²) in [6, 6.07) is 8.08. The number of aliphatic imine (C=N–C) groups is 2. The lowest BCUT2D eigenvalue weighted by Gasteiger charge is -2.09. The van der Waals surface area contributed by atoms with Crippen molar-refractivity contribution in [1.82, 2.24) is 19.1 Å². The number of hydrogen-bond acceptors (Lipinski definition) is 6. The van der Waals surface area contributed by atoms with Crippen LogP contribution >= 0.6 is 0 Å². The molecule has 8 heteroatoms. The molecule has 0 N–H and O–H groups in total. The topological polar surface area (TPSA) is 86.7 Å². The van der Waals surface area contributed by atoms with E-state index < -0.39 is 0 Å². The molecule has 8 nitrogen and oxygen atoms in total. The van der Waals surface area contributed by atoms with Crippen molar-refractivity contribution in [3.63, 3.8) is 0 Å². The van der Waals surface area contributed by atoms with Crippen molar-refractivity contribution in [3.8, 4) is 16.9 Å². The second kappa shape index (κ2) is 7.37. The number of hydrogen-bond donors (Lipinski definition) is 0. The third kappa shape index (κ3) is 3.33. The van der Waals surface area contributed by atoms with E-state index in [-0.39, 0.29) is 11.9 Å². The van der Waals surface area contributed by atoms with Crippen LogP contribution in [0.4, 0.5) is 0 Å². The van der Waals surface area contributed by atoms with E-state index in [9.17, 15) is 4.79 Å². The Morgan fingerprint density at radius 1 is 1.09 bits per heavy atom. The molecular weight excluding hydrogens is 416 g/mol. The number of nitrogens with zero attached hydrogens (tertiary/aromatic N) is 6. The first-order valence-corrected chi connectivity index (χ1v) is 11.2. The third-order valence-corrected chi connectivity index (χ3v) is 6.34. The number of rotatable bonds is 4. The summed E-state index contributed by atoms with van der Waals surface area (Å²) in [6.07, 6.45) is 7.62. The fraction of sp³-hybridized carbons (Fsp3) is 0.320.